The fourth-order valence-electron chi connectivity index (χ4n) is 1.44. The molecule has 5 heteroatoms. The summed E-state index contributed by atoms with van der Waals surface area (Å²) in [6.45, 7) is 3.92. The second-order valence-electron chi connectivity index (χ2n) is 3.56. The van der Waals surface area contributed by atoms with Crippen LogP contribution in [0.25, 0.3) is 0 Å². The Balaban J connectivity index is 2.08. The van der Waals surface area contributed by atoms with E-state index in [-0.39, 0.29) is 6.61 Å². The first-order valence-corrected chi connectivity index (χ1v) is 5.35. The van der Waals surface area contributed by atoms with Crippen LogP contribution in [0.15, 0.2) is 10.7 Å². The maximum absolute atomic E-state index is 8.87. The molecule has 2 heterocycles. The normalized spacial score (nSPS) is 16.9. The van der Waals surface area contributed by atoms with Crippen molar-refractivity contribution in [3.8, 4) is 0 Å². The number of hydrogen-bond acceptors (Lipinski definition) is 4. The Labute approximate surface area is 91.1 Å². The van der Waals surface area contributed by atoms with Crippen LogP contribution in [0.1, 0.15) is 5.69 Å². The van der Waals surface area contributed by atoms with Crippen LogP contribution in [0.4, 0.5) is 5.95 Å². The van der Waals surface area contributed by atoms with Gasteiger partial charge in [-0.15, -0.1) is 0 Å². The topological polar surface area (TPSA) is 49.2 Å². The van der Waals surface area contributed by atoms with Crippen molar-refractivity contribution >= 4 is 21.9 Å². The van der Waals surface area contributed by atoms with E-state index >= 15 is 0 Å². The Morgan fingerprint density at radius 1 is 1.64 bits per heavy atom. The smallest absolute Gasteiger partial charge is 0.225 e. The van der Waals surface area contributed by atoms with Gasteiger partial charge in [-0.3, -0.25) is 0 Å². The summed E-state index contributed by atoms with van der Waals surface area (Å²) in [4.78, 5) is 10.6. The van der Waals surface area contributed by atoms with Crippen LogP contribution in [0.5, 0.6) is 0 Å². The zero-order valence-electron chi connectivity index (χ0n) is 7.94. The van der Waals surface area contributed by atoms with Gasteiger partial charge >= 0.3 is 0 Å². The summed E-state index contributed by atoms with van der Waals surface area (Å²) in [6.07, 6.45) is 1.77. The third-order valence-electron chi connectivity index (χ3n) is 2.40. The van der Waals surface area contributed by atoms with E-state index in [1.807, 2.05) is 6.92 Å². The van der Waals surface area contributed by atoms with Crippen molar-refractivity contribution in [1.82, 2.24) is 9.97 Å². The zero-order valence-corrected chi connectivity index (χ0v) is 9.53. The lowest BCUT2D eigenvalue weighted by molar-refractivity contribution is 0.199. The van der Waals surface area contributed by atoms with Gasteiger partial charge in [-0.05, 0) is 22.9 Å². The fraction of sp³-hybridized carbons (Fsp3) is 0.556. The summed E-state index contributed by atoms with van der Waals surface area (Å²) < 4.78 is 0.931. The first kappa shape index (κ1) is 9.86. The van der Waals surface area contributed by atoms with Gasteiger partial charge < -0.3 is 10.0 Å². The predicted octanol–water partition coefficient (Wildman–Crippen LogP) is 0.976. The number of anilines is 1. The van der Waals surface area contributed by atoms with E-state index in [0.29, 0.717) is 5.92 Å². The van der Waals surface area contributed by atoms with Crippen molar-refractivity contribution in [2.75, 3.05) is 24.6 Å². The van der Waals surface area contributed by atoms with E-state index in [2.05, 4.69) is 30.8 Å². The number of halogens is 1. The molecule has 0 atom stereocenters. The minimum absolute atomic E-state index is 0.256. The second-order valence-corrected chi connectivity index (χ2v) is 4.41. The Bertz CT molecular complexity index is 339. The molecule has 1 saturated heterocycles. The van der Waals surface area contributed by atoms with E-state index in [9.17, 15) is 0 Å². The molecule has 0 bridgehead atoms. The molecule has 2 rings (SSSR count). The summed E-state index contributed by atoms with van der Waals surface area (Å²) in [5.41, 5.74) is 0.947. The van der Waals surface area contributed by atoms with Crippen LogP contribution in [0.2, 0.25) is 0 Å². The maximum atomic E-state index is 8.87. The first-order chi connectivity index (χ1) is 6.70. The number of aryl methyl sites for hydroxylation is 1. The van der Waals surface area contributed by atoms with Crippen molar-refractivity contribution in [1.29, 1.82) is 0 Å². The Hall–Kier alpha value is -0.680. The first-order valence-electron chi connectivity index (χ1n) is 4.55. The van der Waals surface area contributed by atoms with Crippen molar-refractivity contribution < 1.29 is 5.11 Å². The summed E-state index contributed by atoms with van der Waals surface area (Å²) in [5.74, 6) is 1.15. The molecule has 14 heavy (non-hydrogen) atoms. The number of aromatic nitrogens is 2. The molecule has 0 spiro atoms. The van der Waals surface area contributed by atoms with Crippen LogP contribution in [-0.4, -0.2) is 34.8 Å². The lowest BCUT2D eigenvalue weighted by Gasteiger charge is -2.38. The maximum Gasteiger partial charge on any atom is 0.225 e. The second kappa shape index (κ2) is 3.82. The van der Waals surface area contributed by atoms with Gasteiger partial charge in [-0.25, -0.2) is 9.97 Å². The van der Waals surface area contributed by atoms with E-state index in [4.69, 9.17) is 5.11 Å². The van der Waals surface area contributed by atoms with Crippen LogP contribution in [0, 0.1) is 12.8 Å². The number of aliphatic hydroxyl groups excluding tert-OH is 1. The molecular weight excluding hydrogens is 246 g/mol. The standard InChI is InChI=1S/C9H12BrN3O/c1-6-8(10)2-11-9(12-6)13-3-7(4-13)5-14/h2,7,14H,3-5H2,1H3. The highest BCUT2D eigenvalue weighted by molar-refractivity contribution is 9.10. The summed E-state index contributed by atoms with van der Waals surface area (Å²) in [7, 11) is 0. The predicted molar refractivity (Wildman–Crippen MR) is 57.3 cm³/mol. The van der Waals surface area contributed by atoms with Crippen LogP contribution in [-0.2, 0) is 0 Å². The van der Waals surface area contributed by atoms with E-state index in [0.717, 1.165) is 29.2 Å². The average molecular weight is 258 g/mol. The van der Waals surface area contributed by atoms with Gasteiger partial charge in [0.1, 0.15) is 0 Å². The van der Waals surface area contributed by atoms with E-state index in [1.54, 1.807) is 6.20 Å². The zero-order chi connectivity index (χ0) is 10.1. The molecule has 1 fully saturated rings. The monoisotopic (exact) mass is 257 g/mol. The van der Waals surface area contributed by atoms with Gasteiger partial charge in [-0.2, -0.15) is 0 Å². The van der Waals surface area contributed by atoms with Crippen molar-refractivity contribution in [2.45, 2.75) is 6.92 Å². The average Bonchev–Trinajstić information content (AvgIpc) is 2.09. The van der Waals surface area contributed by atoms with E-state index < -0.39 is 0 Å². The molecule has 1 aliphatic heterocycles. The summed E-state index contributed by atoms with van der Waals surface area (Å²) in [5, 5.41) is 8.87. The van der Waals surface area contributed by atoms with Gasteiger partial charge in [0.2, 0.25) is 5.95 Å². The minimum atomic E-state index is 0.256. The summed E-state index contributed by atoms with van der Waals surface area (Å²) in [6, 6.07) is 0. The van der Waals surface area contributed by atoms with Crippen molar-refractivity contribution in [3.05, 3.63) is 16.4 Å². The highest BCUT2D eigenvalue weighted by atomic mass is 79.9. The SMILES string of the molecule is Cc1nc(N2CC(CO)C2)ncc1Br. The third-order valence-corrected chi connectivity index (χ3v) is 3.18. The molecule has 0 aromatic carbocycles. The molecule has 0 radical (unpaired) electrons. The number of aliphatic hydroxyl groups is 1. The van der Waals surface area contributed by atoms with Crippen LogP contribution in [0.3, 0.4) is 0 Å². The Kier molecular flexibility index (Phi) is 2.69. The quantitative estimate of drug-likeness (QED) is 0.859. The molecular formula is C9H12BrN3O. The van der Waals surface area contributed by atoms with Crippen LogP contribution < -0.4 is 4.90 Å². The number of nitrogens with zero attached hydrogens (tertiary/aromatic N) is 3. The Morgan fingerprint density at radius 3 is 2.93 bits per heavy atom. The lowest BCUT2D eigenvalue weighted by atomic mass is 10.0. The number of rotatable bonds is 2. The fourth-order valence-corrected chi connectivity index (χ4v) is 1.63. The van der Waals surface area contributed by atoms with Crippen molar-refractivity contribution in [3.63, 3.8) is 0 Å². The summed E-state index contributed by atoms with van der Waals surface area (Å²) >= 11 is 3.36. The lowest BCUT2D eigenvalue weighted by Crippen LogP contribution is -2.49. The van der Waals surface area contributed by atoms with E-state index in [1.165, 1.54) is 0 Å². The van der Waals surface area contributed by atoms with Gasteiger partial charge in [0, 0.05) is 31.8 Å². The molecule has 0 saturated carbocycles. The molecule has 1 aliphatic rings. The number of hydrogen-bond donors (Lipinski definition) is 1. The largest absolute Gasteiger partial charge is 0.396 e. The van der Waals surface area contributed by atoms with Gasteiger partial charge in [0.15, 0.2) is 0 Å². The highest BCUT2D eigenvalue weighted by Gasteiger charge is 2.27. The third kappa shape index (κ3) is 1.74. The molecule has 76 valence electrons. The molecule has 0 unspecified atom stereocenters. The van der Waals surface area contributed by atoms with Crippen molar-refractivity contribution in [2.24, 2.45) is 5.92 Å². The van der Waals surface area contributed by atoms with Gasteiger partial charge in [0.05, 0.1) is 10.2 Å². The highest BCUT2D eigenvalue weighted by Crippen LogP contribution is 2.22. The molecule has 1 aromatic heterocycles. The molecule has 0 aliphatic carbocycles. The molecule has 0 amide bonds. The van der Waals surface area contributed by atoms with Crippen LogP contribution >= 0.6 is 15.9 Å². The Morgan fingerprint density at radius 2 is 2.36 bits per heavy atom. The molecule has 4 nitrogen and oxygen atoms in total. The molecule has 1 aromatic rings. The van der Waals surface area contributed by atoms with Gasteiger partial charge in [-0.1, -0.05) is 0 Å². The minimum Gasteiger partial charge on any atom is -0.396 e. The molecule has 1 N–H and O–H groups in total. The van der Waals surface area contributed by atoms with Gasteiger partial charge in [0.25, 0.3) is 0 Å².